The number of hydrogen-bond donors (Lipinski definition) is 1. The maximum atomic E-state index is 11.2. The van der Waals surface area contributed by atoms with Crippen LogP contribution in [0.2, 0.25) is 0 Å². The van der Waals surface area contributed by atoms with Crippen molar-refractivity contribution in [2.75, 3.05) is 7.11 Å². The third-order valence-corrected chi connectivity index (χ3v) is 2.89. The van der Waals surface area contributed by atoms with E-state index in [-0.39, 0.29) is 18.2 Å². The zero-order valence-corrected chi connectivity index (χ0v) is 11.4. The van der Waals surface area contributed by atoms with E-state index in [0.717, 1.165) is 0 Å². The van der Waals surface area contributed by atoms with Crippen LogP contribution < -0.4 is 5.32 Å². The van der Waals surface area contributed by atoms with Crippen LogP contribution >= 0.6 is 0 Å². The van der Waals surface area contributed by atoms with Crippen LogP contribution in [0.3, 0.4) is 0 Å². The van der Waals surface area contributed by atoms with Gasteiger partial charge >= 0.3 is 5.97 Å². The predicted molar refractivity (Wildman–Crippen MR) is 68.7 cm³/mol. The summed E-state index contributed by atoms with van der Waals surface area (Å²) in [6, 6.07) is -0.494. The maximum Gasteiger partial charge on any atom is 0.322 e. The van der Waals surface area contributed by atoms with Gasteiger partial charge in [-0.1, -0.05) is 0 Å². The van der Waals surface area contributed by atoms with E-state index in [4.69, 9.17) is 0 Å². The molecular weight excluding hydrogens is 250 g/mol. The van der Waals surface area contributed by atoms with Gasteiger partial charge in [0.25, 0.3) is 5.69 Å². The van der Waals surface area contributed by atoms with Gasteiger partial charge in [-0.25, -0.2) is 0 Å². The first-order valence-corrected chi connectivity index (χ1v) is 5.79. The molecule has 0 fully saturated rings. The molecule has 1 unspecified atom stereocenters. The lowest BCUT2D eigenvalue weighted by atomic mass is 10.1. The summed E-state index contributed by atoms with van der Waals surface area (Å²) in [6.07, 6.45) is 1.46. The molecule has 104 valence electrons. The van der Waals surface area contributed by atoms with Crippen LogP contribution in [0.25, 0.3) is 0 Å². The van der Waals surface area contributed by atoms with Crippen LogP contribution in [0.5, 0.6) is 0 Å². The summed E-state index contributed by atoms with van der Waals surface area (Å²) < 4.78 is 4.58. The van der Waals surface area contributed by atoms with Gasteiger partial charge in [-0.3, -0.25) is 25.2 Å². The Kier molecular flexibility index (Phi) is 4.94. The summed E-state index contributed by atoms with van der Waals surface area (Å²) in [4.78, 5) is 25.9. The highest BCUT2D eigenvalue weighted by molar-refractivity contribution is 5.75. The molecule has 1 aromatic rings. The molecule has 7 heteroatoms. The summed E-state index contributed by atoms with van der Waals surface area (Å²) in [6.45, 7) is 5.22. The van der Waals surface area contributed by atoms with Crippen molar-refractivity contribution in [1.29, 1.82) is 0 Å². The molecule has 0 saturated carbocycles. The van der Waals surface area contributed by atoms with Crippen molar-refractivity contribution in [1.82, 2.24) is 10.3 Å². The van der Waals surface area contributed by atoms with Gasteiger partial charge in [0, 0.05) is 23.9 Å². The van der Waals surface area contributed by atoms with E-state index in [2.05, 4.69) is 15.0 Å². The zero-order chi connectivity index (χ0) is 14.6. The number of aromatic nitrogens is 1. The molecule has 19 heavy (non-hydrogen) atoms. The van der Waals surface area contributed by atoms with Crippen LogP contribution in [0.4, 0.5) is 5.69 Å². The SMILES string of the molecule is COC(=O)C(C)NCc1ncc(C)c([N+](=O)[O-])c1C. The lowest BCUT2D eigenvalue weighted by Crippen LogP contribution is -2.34. The number of rotatable bonds is 5. The summed E-state index contributed by atoms with van der Waals surface area (Å²) in [5.41, 5.74) is 1.65. The van der Waals surface area contributed by atoms with Crippen molar-refractivity contribution in [2.45, 2.75) is 33.4 Å². The maximum absolute atomic E-state index is 11.2. The minimum atomic E-state index is -0.494. The Morgan fingerprint density at radius 3 is 2.74 bits per heavy atom. The monoisotopic (exact) mass is 267 g/mol. The van der Waals surface area contributed by atoms with Gasteiger partial charge in [0.1, 0.15) is 6.04 Å². The molecule has 0 amide bonds. The number of pyridine rings is 1. The number of ether oxygens (including phenoxy) is 1. The second-order valence-corrected chi connectivity index (χ2v) is 4.24. The second-order valence-electron chi connectivity index (χ2n) is 4.24. The smallest absolute Gasteiger partial charge is 0.322 e. The van der Waals surface area contributed by atoms with Gasteiger partial charge in [-0.05, 0) is 20.8 Å². The van der Waals surface area contributed by atoms with E-state index < -0.39 is 11.0 Å². The summed E-state index contributed by atoms with van der Waals surface area (Å²) in [5, 5.41) is 13.9. The molecule has 0 aliphatic heterocycles. The Balaban J connectivity index is 2.89. The number of nitrogens with one attached hydrogen (secondary N) is 1. The molecule has 0 saturated heterocycles. The average molecular weight is 267 g/mol. The Bertz CT molecular complexity index is 502. The van der Waals surface area contributed by atoms with Gasteiger partial charge < -0.3 is 4.74 Å². The van der Waals surface area contributed by atoms with Crippen LogP contribution in [0.1, 0.15) is 23.7 Å². The fourth-order valence-electron chi connectivity index (χ4n) is 1.73. The average Bonchev–Trinajstić information content (AvgIpc) is 2.36. The molecule has 0 aliphatic rings. The minimum absolute atomic E-state index is 0.0671. The lowest BCUT2D eigenvalue weighted by molar-refractivity contribution is -0.386. The number of esters is 1. The highest BCUT2D eigenvalue weighted by Crippen LogP contribution is 2.23. The largest absolute Gasteiger partial charge is 0.468 e. The molecule has 1 N–H and O–H groups in total. The van der Waals surface area contributed by atoms with Crippen molar-refractivity contribution in [2.24, 2.45) is 0 Å². The topological polar surface area (TPSA) is 94.4 Å². The number of nitro groups is 1. The molecular formula is C12H17N3O4. The highest BCUT2D eigenvalue weighted by Gasteiger charge is 2.19. The van der Waals surface area contributed by atoms with Crippen molar-refractivity contribution >= 4 is 11.7 Å². The molecule has 0 spiro atoms. The molecule has 0 aliphatic carbocycles. The first-order valence-electron chi connectivity index (χ1n) is 5.79. The van der Waals surface area contributed by atoms with Crippen LogP contribution in [-0.2, 0) is 16.1 Å². The molecule has 1 heterocycles. The van der Waals surface area contributed by atoms with Gasteiger partial charge in [-0.15, -0.1) is 0 Å². The highest BCUT2D eigenvalue weighted by atomic mass is 16.6. The number of carbonyl (C=O) groups excluding carboxylic acids is 1. The molecule has 1 atom stereocenters. The summed E-state index contributed by atoms with van der Waals surface area (Å²) >= 11 is 0. The molecule has 1 rings (SSSR count). The minimum Gasteiger partial charge on any atom is -0.468 e. The third-order valence-electron chi connectivity index (χ3n) is 2.89. The van der Waals surface area contributed by atoms with Gasteiger partial charge in [0.15, 0.2) is 0 Å². The normalized spacial score (nSPS) is 12.0. The molecule has 0 bridgehead atoms. The molecule has 7 nitrogen and oxygen atoms in total. The standard InChI is InChI=1S/C12H17N3O4/c1-7-5-14-10(8(2)11(7)15(17)18)6-13-9(3)12(16)19-4/h5,9,13H,6H2,1-4H3. The quantitative estimate of drug-likeness (QED) is 0.490. The van der Waals surface area contributed by atoms with E-state index in [1.807, 2.05) is 0 Å². The predicted octanol–water partition coefficient (Wildman–Crippen LogP) is 1.26. The number of aryl methyl sites for hydroxylation is 1. The number of methoxy groups -OCH3 is 1. The van der Waals surface area contributed by atoms with E-state index in [1.54, 1.807) is 20.8 Å². The van der Waals surface area contributed by atoms with E-state index in [9.17, 15) is 14.9 Å². The fraction of sp³-hybridized carbons (Fsp3) is 0.500. The Morgan fingerprint density at radius 1 is 1.58 bits per heavy atom. The number of hydrogen-bond acceptors (Lipinski definition) is 6. The van der Waals surface area contributed by atoms with Crippen molar-refractivity contribution < 1.29 is 14.5 Å². The molecule has 1 aromatic heterocycles. The van der Waals surface area contributed by atoms with Gasteiger partial charge in [0.2, 0.25) is 0 Å². The van der Waals surface area contributed by atoms with Crippen molar-refractivity contribution in [3.05, 3.63) is 33.1 Å². The summed E-state index contributed by atoms with van der Waals surface area (Å²) in [5.74, 6) is -0.390. The van der Waals surface area contributed by atoms with E-state index in [1.165, 1.54) is 13.3 Å². The van der Waals surface area contributed by atoms with Crippen molar-refractivity contribution in [3.63, 3.8) is 0 Å². The summed E-state index contributed by atoms with van der Waals surface area (Å²) in [7, 11) is 1.31. The van der Waals surface area contributed by atoms with Crippen LogP contribution in [0.15, 0.2) is 6.20 Å². The van der Waals surface area contributed by atoms with Gasteiger partial charge in [0.05, 0.1) is 17.7 Å². The first-order chi connectivity index (χ1) is 8.88. The first kappa shape index (κ1) is 15.0. The van der Waals surface area contributed by atoms with E-state index >= 15 is 0 Å². The second kappa shape index (κ2) is 6.24. The number of carbonyl (C=O) groups is 1. The Hall–Kier alpha value is -2.02. The van der Waals surface area contributed by atoms with Crippen molar-refractivity contribution in [3.8, 4) is 0 Å². The van der Waals surface area contributed by atoms with Gasteiger partial charge in [-0.2, -0.15) is 0 Å². The molecule has 0 radical (unpaired) electrons. The lowest BCUT2D eigenvalue weighted by Gasteiger charge is -2.12. The third kappa shape index (κ3) is 3.47. The Morgan fingerprint density at radius 2 is 2.21 bits per heavy atom. The molecule has 0 aromatic carbocycles. The van der Waals surface area contributed by atoms with Crippen LogP contribution in [-0.4, -0.2) is 29.0 Å². The number of nitrogens with zero attached hydrogens (tertiary/aromatic N) is 2. The van der Waals surface area contributed by atoms with E-state index in [0.29, 0.717) is 16.8 Å². The zero-order valence-electron chi connectivity index (χ0n) is 11.4. The fourth-order valence-corrected chi connectivity index (χ4v) is 1.73. The van der Waals surface area contributed by atoms with Crippen LogP contribution in [0, 0.1) is 24.0 Å². The Labute approximate surface area is 111 Å².